The molecule has 1 aromatic rings. The number of ketones is 1. The standard InChI is InChI=1S/C65H86O9/c1-36-7-13-45-39(31-36)9-15-49-52-20-23-56(64(52,5)34-37(2)61(45)49)74-60(70)28-27-58(68)72-54-22-19-51-48-14-8-41-33-43(12-18-44(41)47(48)29-30-63(51,54)4)71-57(67)25-26-59(69)73-55-24-21-53-50-16-10-40-32-42(66)11-17-46(40)62(50)38(3)35-65(53,55)6/h12,18,31-33,37-38,45-56,61-62H,1,7-11,13-17,19-30,34-35H2,2-6H3. The average Bonchev–Trinajstić information content (AvgIpc) is 4.00. The van der Waals surface area contributed by atoms with Gasteiger partial charge < -0.3 is 18.9 Å². The second-order valence-corrected chi connectivity index (χ2v) is 27.5. The first-order valence-electron chi connectivity index (χ1n) is 30.0. The van der Waals surface area contributed by atoms with Crippen molar-refractivity contribution in [3.8, 4) is 5.75 Å². The SMILES string of the molecule is C=C1C=C2CCC3C(C(C)CC4(C)C(OC(=O)CCC(=O)OC5CCC6C7CCc8cc(OC(=O)CCC(=O)OC9CCC%10C%11CCC%12=CC(=O)CCC%12C%11C(C)CC9%10C)ccc8C7CCC56C)CCC34)C2CC1. The van der Waals surface area contributed by atoms with Crippen LogP contribution in [0.15, 0.2) is 53.6 Å². The van der Waals surface area contributed by atoms with Crippen LogP contribution in [0, 0.1) is 87.3 Å². The van der Waals surface area contributed by atoms with E-state index in [1.165, 1.54) is 41.5 Å². The van der Waals surface area contributed by atoms with Gasteiger partial charge in [-0.2, -0.15) is 0 Å². The third-order valence-electron chi connectivity index (χ3n) is 23.9. The number of carbonyl (C=O) groups excluding carboxylic acids is 5. The summed E-state index contributed by atoms with van der Waals surface area (Å²) in [7, 11) is 0. The summed E-state index contributed by atoms with van der Waals surface area (Å²) in [5, 5.41) is 0. The van der Waals surface area contributed by atoms with Crippen LogP contribution in [-0.2, 0) is 44.6 Å². The van der Waals surface area contributed by atoms with Crippen molar-refractivity contribution in [1.82, 2.24) is 0 Å². The molecule has 1 aromatic carbocycles. The van der Waals surface area contributed by atoms with Gasteiger partial charge in [0.15, 0.2) is 5.78 Å². The summed E-state index contributed by atoms with van der Waals surface area (Å²) in [5.41, 5.74) is 6.75. The molecule has 0 saturated heterocycles. The molecule has 0 radical (unpaired) electrons. The lowest BCUT2D eigenvalue weighted by Crippen LogP contribution is -2.51. The summed E-state index contributed by atoms with van der Waals surface area (Å²) >= 11 is 0. The Morgan fingerprint density at radius 3 is 1.62 bits per heavy atom. The quantitative estimate of drug-likeness (QED) is 0.128. The fourth-order valence-corrected chi connectivity index (χ4v) is 20.9. The van der Waals surface area contributed by atoms with Gasteiger partial charge in [0.25, 0.3) is 0 Å². The first-order valence-corrected chi connectivity index (χ1v) is 30.0. The molecule has 11 aliphatic carbocycles. The molecule has 400 valence electrons. The fraction of sp³-hybridized carbons (Fsp3) is 0.738. The lowest BCUT2D eigenvalue weighted by molar-refractivity contribution is -0.166. The predicted octanol–water partition coefficient (Wildman–Crippen LogP) is 13.5. The Morgan fingerprint density at radius 1 is 0.541 bits per heavy atom. The van der Waals surface area contributed by atoms with Crippen LogP contribution in [0.5, 0.6) is 5.75 Å². The minimum Gasteiger partial charge on any atom is -0.462 e. The highest BCUT2D eigenvalue weighted by Crippen LogP contribution is 2.67. The Morgan fingerprint density at radius 2 is 1.04 bits per heavy atom. The normalized spacial score (nSPS) is 43.5. The lowest BCUT2D eigenvalue weighted by Gasteiger charge is -2.56. The second kappa shape index (κ2) is 19.5. The van der Waals surface area contributed by atoms with Crippen LogP contribution in [0.4, 0.5) is 0 Å². The highest BCUT2D eigenvalue weighted by Gasteiger charge is 2.62. The van der Waals surface area contributed by atoms with Crippen LogP contribution in [0.3, 0.4) is 0 Å². The van der Waals surface area contributed by atoms with E-state index < -0.39 is 5.97 Å². The van der Waals surface area contributed by atoms with E-state index >= 15 is 0 Å². The van der Waals surface area contributed by atoms with E-state index in [2.05, 4.69) is 53.3 Å². The number of fused-ring (bicyclic) bond motifs is 15. The molecule has 8 saturated carbocycles. The molecular weight excluding hydrogens is 925 g/mol. The maximum atomic E-state index is 13.5. The third kappa shape index (κ3) is 8.73. The lowest BCUT2D eigenvalue weighted by atomic mass is 9.49. The Hall–Kier alpha value is -4.01. The van der Waals surface area contributed by atoms with Crippen LogP contribution >= 0.6 is 0 Å². The summed E-state index contributed by atoms with van der Waals surface area (Å²) in [5.74, 6) is 7.01. The molecule has 0 bridgehead atoms. The number of carbonyl (C=O) groups is 5. The highest BCUT2D eigenvalue weighted by molar-refractivity contribution is 5.91. The summed E-state index contributed by atoms with van der Waals surface area (Å²) in [6.07, 6.45) is 24.7. The van der Waals surface area contributed by atoms with Crippen molar-refractivity contribution < 1.29 is 42.9 Å². The molecule has 19 unspecified atom stereocenters. The van der Waals surface area contributed by atoms with Crippen LogP contribution < -0.4 is 4.74 Å². The molecule has 0 heterocycles. The summed E-state index contributed by atoms with van der Waals surface area (Å²) in [6, 6.07) is 6.13. The molecule has 0 amide bonds. The van der Waals surface area contributed by atoms with Crippen LogP contribution in [-0.4, -0.2) is 48.0 Å². The number of benzene rings is 1. The highest BCUT2D eigenvalue weighted by atomic mass is 16.6. The first-order chi connectivity index (χ1) is 35.5. The zero-order chi connectivity index (χ0) is 51.4. The van der Waals surface area contributed by atoms with Crippen molar-refractivity contribution in [3.05, 3.63) is 64.8 Å². The first kappa shape index (κ1) is 50.8. The summed E-state index contributed by atoms with van der Waals surface area (Å²) in [6.45, 7) is 16.2. The van der Waals surface area contributed by atoms with Crippen molar-refractivity contribution in [2.75, 3.05) is 0 Å². The molecule has 9 nitrogen and oxygen atoms in total. The van der Waals surface area contributed by atoms with Crippen molar-refractivity contribution in [2.45, 2.75) is 213 Å². The molecular formula is C65H86O9. The minimum atomic E-state index is -0.412. The number of esters is 4. The monoisotopic (exact) mass is 1010 g/mol. The van der Waals surface area contributed by atoms with E-state index in [-0.39, 0.29) is 78.1 Å². The van der Waals surface area contributed by atoms with Crippen LogP contribution in [0.25, 0.3) is 0 Å². The molecule has 0 aromatic heterocycles. The molecule has 19 atom stereocenters. The number of aryl methyl sites for hydroxylation is 1. The van der Waals surface area contributed by atoms with Gasteiger partial charge in [-0.1, -0.05) is 70.1 Å². The number of rotatable bonds is 10. The Balaban J connectivity index is 0.593. The zero-order valence-electron chi connectivity index (χ0n) is 45.5. The van der Waals surface area contributed by atoms with Crippen molar-refractivity contribution in [2.24, 2.45) is 87.3 Å². The molecule has 9 heteroatoms. The number of hydrogen-bond acceptors (Lipinski definition) is 9. The van der Waals surface area contributed by atoms with Crippen LogP contribution in [0.2, 0.25) is 0 Å². The minimum absolute atomic E-state index is 0.00668. The molecule has 74 heavy (non-hydrogen) atoms. The van der Waals surface area contributed by atoms with Gasteiger partial charge in [0.2, 0.25) is 0 Å². The maximum Gasteiger partial charge on any atom is 0.311 e. The summed E-state index contributed by atoms with van der Waals surface area (Å²) in [4.78, 5) is 65.8. The molecule has 0 aliphatic heterocycles. The van der Waals surface area contributed by atoms with E-state index in [0.29, 0.717) is 89.0 Å². The van der Waals surface area contributed by atoms with Crippen molar-refractivity contribution in [3.63, 3.8) is 0 Å². The van der Waals surface area contributed by atoms with Gasteiger partial charge in [-0.25, -0.2) is 0 Å². The van der Waals surface area contributed by atoms with E-state index in [9.17, 15) is 24.0 Å². The molecule has 8 fully saturated rings. The number of allylic oxidation sites excluding steroid dienone is 4. The Labute approximate surface area is 441 Å². The van der Waals surface area contributed by atoms with Crippen LogP contribution in [0.1, 0.15) is 199 Å². The van der Waals surface area contributed by atoms with Crippen molar-refractivity contribution >= 4 is 29.7 Å². The van der Waals surface area contributed by atoms with Gasteiger partial charge in [-0.15, -0.1) is 0 Å². The average molecular weight is 1010 g/mol. The van der Waals surface area contributed by atoms with Gasteiger partial charge in [-0.3, -0.25) is 24.0 Å². The second-order valence-electron chi connectivity index (χ2n) is 27.5. The molecule has 0 spiro atoms. The van der Waals surface area contributed by atoms with Gasteiger partial charge in [0.1, 0.15) is 24.1 Å². The van der Waals surface area contributed by atoms with Gasteiger partial charge in [0, 0.05) is 22.7 Å². The molecule has 12 rings (SSSR count). The van der Waals surface area contributed by atoms with Gasteiger partial charge in [-0.05, 0) is 228 Å². The predicted molar refractivity (Wildman–Crippen MR) is 282 cm³/mol. The van der Waals surface area contributed by atoms with E-state index in [4.69, 9.17) is 18.9 Å². The van der Waals surface area contributed by atoms with Crippen molar-refractivity contribution in [1.29, 1.82) is 0 Å². The smallest absolute Gasteiger partial charge is 0.311 e. The van der Waals surface area contributed by atoms with E-state index in [1.807, 2.05) is 18.2 Å². The fourth-order valence-electron chi connectivity index (χ4n) is 20.9. The maximum absolute atomic E-state index is 13.5. The van der Waals surface area contributed by atoms with E-state index in [0.717, 1.165) is 109 Å². The largest absolute Gasteiger partial charge is 0.462 e. The topological polar surface area (TPSA) is 122 Å². The van der Waals surface area contributed by atoms with Gasteiger partial charge in [0.05, 0.1) is 25.7 Å². The van der Waals surface area contributed by atoms with E-state index in [1.54, 1.807) is 5.57 Å². The molecule has 0 N–H and O–H groups in total. The summed E-state index contributed by atoms with van der Waals surface area (Å²) < 4.78 is 24.8. The third-order valence-corrected chi connectivity index (χ3v) is 23.9. The number of hydrogen-bond donors (Lipinski definition) is 0. The molecule has 11 aliphatic rings. The Bertz CT molecular complexity index is 2520. The van der Waals surface area contributed by atoms with Gasteiger partial charge >= 0.3 is 23.9 Å². The number of ether oxygens (including phenoxy) is 4. The Kier molecular flexibility index (Phi) is 13.4. The zero-order valence-corrected chi connectivity index (χ0v) is 45.5.